The standard InChI is InChI=1S/C57H88N18O18S/c1-6-28(4)45(75-53(89)37(20-30-11-8-7-9-12-30)72-52(88)39(23-44(80)81)70-47(83)32(58)22-42(60)77)55(91)73-38(21-31-24-63-26-65-31)51(87)71-36(19-27(2)3)50(86)74-40(25-94)54(90)68-34(15-17-43(78)79)49(85)67-33(14-16-41(59)76)48(84)66-29(5)46(82)69-35(56(92)93)13-10-18-64-57(61)62/h7-9,11-12,24,26-29,32-40,45,94H,6,10,13-23,25,58H2,1-5H3,(H2,59,76)(H2,60,77)(H,63,65)(H,66,84)(H,67,85)(H,68,90)(H,69,82)(H,70,83)(H,71,87)(H,72,88)(H,73,91)(H,74,86)(H,75,89)(H,78,79)(H,80,81)(H,92,93)(H4,61,62,64)/t28-,29-,32-,33-,34-,35-,36-,37-,38-,39-,40-,45-/m0/s1. The van der Waals surface area contributed by atoms with Crippen molar-refractivity contribution in [2.24, 2.45) is 34.8 Å². The fourth-order valence-electron chi connectivity index (χ4n) is 8.88. The van der Waals surface area contributed by atoms with Crippen LogP contribution in [0.15, 0.2) is 42.9 Å². The van der Waals surface area contributed by atoms with Gasteiger partial charge in [0.25, 0.3) is 0 Å². The first kappa shape index (κ1) is 80.2. The zero-order valence-electron chi connectivity index (χ0n) is 52.6. The van der Waals surface area contributed by atoms with Crippen molar-refractivity contribution in [1.29, 1.82) is 5.41 Å². The van der Waals surface area contributed by atoms with Gasteiger partial charge in [0.1, 0.15) is 60.4 Å². The van der Waals surface area contributed by atoms with Crippen LogP contribution in [0.2, 0.25) is 0 Å². The van der Waals surface area contributed by atoms with Gasteiger partial charge in [0.15, 0.2) is 5.96 Å². The third-order valence-electron chi connectivity index (χ3n) is 14.2. The molecule has 0 fully saturated rings. The Labute approximate surface area is 545 Å². The Morgan fingerprint density at radius 1 is 0.553 bits per heavy atom. The maximum atomic E-state index is 14.6. The van der Waals surface area contributed by atoms with Gasteiger partial charge < -0.3 is 102 Å². The first-order chi connectivity index (χ1) is 44.1. The first-order valence-corrected chi connectivity index (χ1v) is 30.5. The molecule has 0 aliphatic rings. The van der Waals surface area contributed by atoms with E-state index in [-0.39, 0.29) is 62.6 Å². The van der Waals surface area contributed by atoms with E-state index in [1.807, 2.05) is 0 Å². The molecule has 0 aliphatic heterocycles. The minimum Gasteiger partial charge on any atom is -0.481 e. The summed E-state index contributed by atoms with van der Waals surface area (Å²) >= 11 is 4.23. The molecule has 0 bridgehead atoms. The fourth-order valence-corrected chi connectivity index (χ4v) is 9.14. The van der Waals surface area contributed by atoms with E-state index in [9.17, 15) is 87.2 Å². The molecule has 36 nitrogen and oxygen atoms in total. The maximum Gasteiger partial charge on any atom is 0.326 e. The van der Waals surface area contributed by atoms with Crippen LogP contribution in [0.3, 0.4) is 0 Å². The molecule has 12 amide bonds. The van der Waals surface area contributed by atoms with Gasteiger partial charge in [0, 0.05) is 44.2 Å². The molecule has 0 unspecified atom stereocenters. The minimum absolute atomic E-state index is 0.0996. The molecule has 0 radical (unpaired) electrons. The topological polar surface area (TPSA) is 606 Å². The summed E-state index contributed by atoms with van der Waals surface area (Å²) in [6.45, 7) is 7.98. The second kappa shape index (κ2) is 40.8. The molecule has 1 heterocycles. The second-order valence-corrected chi connectivity index (χ2v) is 22.9. The molecule has 1 aromatic heterocycles. The van der Waals surface area contributed by atoms with E-state index in [0.29, 0.717) is 5.56 Å². The van der Waals surface area contributed by atoms with Gasteiger partial charge in [-0.3, -0.25) is 72.5 Å². The zero-order chi connectivity index (χ0) is 70.9. The number of nitrogens with two attached hydrogens (primary N) is 4. The molecule has 1 aromatic carbocycles. The number of rotatable bonds is 44. The van der Waals surface area contributed by atoms with E-state index >= 15 is 0 Å². The molecule has 24 N–H and O–H groups in total. The second-order valence-electron chi connectivity index (χ2n) is 22.5. The number of carbonyl (C=O) groups excluding carboxylic acids is 12. The highest BCUT2D eigenvalue weighted by molar-refractivity contribution is 7.80. The summed E-state index contributed by atoms with van der Waals surface area (Å²) in [4.78, 5) is 205. The third-order valence-corrected chi connectivity index (χ3v) is 14.5. The molecule has 0 saturated heterocycles. The summed E-state index contributed by atoms with van der Waals surface area (Å²) in [6, 6.07) is -9.22. The molecule has 12 atom stereocenters. The molecule has 0 saturated carbocycles. The largest absolute Gasteiger partial charge is 0.481 e. The zero-order valence-corrected chi connectivity index (χ0v) is 53.5. The summed E-state index contributed by atoms with van der Waals surface area (Å²) in [6.07, 6.45) is -1.65. The number of amides is 12. The van der Waals surface area contributed by atoms with Crippen LogP contribution in [0.4, 0.5) is 0 Å². The number of imidazole rings is 1. The first-order valence-electron chi connectivity index (χ1n) is 29.9. The van der Waals surface area contributed by atoms with Crippen LogP contribution in [0.25, 0.3) is 0 Å². The summed E-state index contributed by atoms with van der Waals surface area (Å²) in [5.74, 6) is -18.6. The lowest BCUT2D eigenvalue weighted by Gasteiger charge is -2.30. The van der Waals surface area contributed by atoms with Crippen LogP contribution < -0.4 is 81.4 Å². The van der Waals surface area contributed by atoms with E-state index < -0.39 is 205 Å². The van der Waals surface area contributed by atoms with Crippen molar-refractivity contribution >= 4 is 107 Å². The Kier molecular flexibility index (Phi) is 34.8. The van der Waals surface area contributed by atoms with E-state index in [2.05, 4.69) is 81.1 Å². The number of thiol groups is 1. The molecular weight excluding hydrogens is 1260 g/mol. The van der Waals surface area contributed by atoms with Gasteiger partial charge in [-0.25, -0.2) is 9.78 Å². The third kappa shape index (κ3) is 30.0. The van der Waals surface area contributed by atoms with Gasteiger partial charge in [0.05, 0.1) is 30.9 Å². The fraction of sp³-hybridized carbons (Fsp3) is 0.561. The van der Waals surface area contributed by atoms with Crippen molar-refractivity contribution in [2.45, 2.75) is 178 Å². The Morgan fingerprint density at radius 2 is 1.05 bits per heavy atom. The Morgan fingerprint density at radius 3 is 1.59 bits per heavy atom. The van der Waals surface area contributed by atoms with Crippen LogP contribution in [-0.4, -0.2) is 199 Å². The van der Waals surface area contributed by atoms with E-state index in [4.69, 9.17) is 28.3 Å². The minimum atomic E-state index is -1.83. The predicted molar refractivity (Wildman–Crippen MR) is 336 cm³/mol. The van der Waals surface area contributed by atoms with Crippen LogP contribution in [0.5, 0.6) is 0 Å². The number of nitrogens with one attached hydrogen (secondary N) is 13. The molecule has 94 heavy (non-hydrogen) atoms. The normalized spacial score (nSPS) is 14.8. The number of aromatic amines is 1. The number of primary amides is 2. The molecule has 2 aromatic rings. The highest BCUT2D eigenvalue weighted by Gasteiger charge is 2.38. The molecule has 520 valence electrons. The van der Waals surface area contributed by atoms with Crippen molar-refractivity contribution in [1.82, 2.24) is 68.5 Å². The number of hydrogen-bond acceptors (Lipinski definition) is 19. The predicted octanol–water partition coefficient (Wildman–Crippen LogP) is -5.76. The number of nitrogens with zero attached hydrogens (tertiary/aromatic N) is 1. The van der Waals surface area contributed by atoms with Gasteiger partial charge in [0.2, 0.25) is 70.9 Å². The highest BCUT2D eigenvalue weighted by atomic mass is 32.1. The van der Waals surface area contributed by atoms with Crippen molar-refractivity contribution in [3.63, 3.8) is 0 Å². The number of carbonyl (C=O) groups is 15. The summed E-state index contributed by atoms with van der Waals surface area (Å²) < 4.78 is 0. The number of aliphatic carboxylic acids is 3. The van der Waals surface area contributed by atoms with Crippen LogP contribution in [-0.2, 0) is 84.8 Å². The summed E-state index contributed by atoms with van der Waals surface area (Å²) in [5, 5.41) is 62.8. The highest BCUT2D eigenvalue weighted by Crippen LogP contribution is 2.14. The molecule has 2 rings (SSSR count). The van der Waals surface area contributed by atoms with Crippen LogP contribution in [0, 0.1) is 17.2 Å². The lowest BCUT2D eigenvalue weighted by Crippen LogP contribution is -2.62. The maximum absolute atomic E-state index is 14.6. The van der Waals surface area contributed by atoms with E-state index in [1.54, 1.807) is 58.0 Å². The number of aromatic nitrogens is 2. The smallest absolute Gasteiger partial charge is 0.326 e. The number of carboxylic acids is 3. The molecular formula is C57H88N18O18S. The van der Waals surface area contributed by atoms with E-state index in [1.165, 1.54) is 19.4 Å². The summed E-state index contributed by atoms with van der Waals surface area (Å²) in [7, 11) is 0. The molecule has 37 heteroatoms. The van der Waals surface area contributed by atoms with Crippen LogP contribution >= 0.6 is 12.6 Å². The monoisotopic (exact) mass is 1340 g/mol. The van der Waals surface area contributed by atoms with Gasteiger partial charge in [-0.05, 0) is 56.4 Å². The van der Waals surface area contributed by atoms with E-state index in [0.717, 1.165) is 0 Å². The number of H-pyrrole nitrogens is 1. The quantitative estimate of drug-likeness (QED) is 0.0127. The molecule has 0 spiro atoms. The van der Waals surface area contributed by atoms with Gasteiger partial charge in [-0.2, -0.15) is 12.6 Å². The molecule has 0 aliphatic carbocycles. The van der Waals surface area contributed by atoms with Crippen molar-refractivity contribution in [2.75, 3.05) is 12.3 Å². The Hall–Kier alpha value is -9.94. The Bertz CT molecular complexity index is 2980. The van der Waals surface area contributed by atoms with Crippen molar-refractivity contribution in [3.8, 4) is 0 Å². The van der Waals surface area contributed by atoms with Crippen molar-refractivity contribution in [3.05, 3.63) is 54.1 Å². The van der Waals surface area contributed by atoms with Gasteiger partial charge >= 0.3 is 17.9 Å². The number of hydrogen-bond donors (Lipinski definition) is 21. The number of carboxylic acid groups (broad SMARTS) is 3. The number of guanidine groups is 1. The average Bonchev–Trinajstić information content (AvgIpc) is 0.997. The Balaban J connectivity index is 2.46. The summed E-state index contributed by atoms with van der Waals surface area (Å²) in [5.41, 5.74) is 22.2. The SMILES string of the molecule is CC[C@H](C)[C@H](NC(=O)[C@H](Cc1ccccc1)NC(=O)[C@H](CC(=O)O)NC(=O)[C@@H](N)CC(N)=O)C(=O)N[C@@H](Cc1c[nH]cn1)C(=O)N[C@@H](CC(C)C)C(=O)N[C@@H](CS)C(=O)N[C@@H](CCC(=O)O)C(=O)N[C@@H](CCC(N)=O)C(=O)N[C@@H](C)C(=O)N[C@@H](CCCNC(=N)N)C(=O)O. The van der Waals surface area contributed by atoms with Gasteiger partial charge in [-0.1, -0.05) is 64.4 Å². The lowest BCUT2D eigenvalue weighted by molar-refractivity contribution is -0.142. The van der Waals surface area contributed by atoms with Crippen molar-refractivity contribution < 1.29 is 87.2 Å². The average molecular weight is 1350 g/mol. The lowest BCUT2D eigenvalue weighted by atomic mass is 9.96. The van der Waals surface area contributed by atoms with Crippen LogP contribution in [0.1, 0.15) is 110 Å². The number of benzene rings is 1. The van der Waals surface area contributed by atoms with Gasteiger partial charge in [-0.15, -0.1) is 0 Å².